The standard InChI is InChI=1S/C17H16ClNO4S/c18-13-4-1-3-12(7-13)10-24-11-16(20)19-14-5-2-6-15(8-14)23-9-17(21)22/h1-8H,9-11H2,(H,19,20)(H,21,22). The number of benzene rings is 2. The van der Waals surface area contributed by atoms with Crippen molar-refractivity contribution in [2.45, 2.75) is 5.75 Å². The SMILES string of the molecule is O=C(O)COc1cccc(NC(=O)CSCc2cccc(Cl)c2)c1. The van der Waals surface area contributed by atoms with Crippen molar-refractivity contribution >= 4 is 40.9 Å². The second-order valence-electron chi connectivity index (χ2n) is 4.88. The number of aliphatic carboxylic acids is 1. The third-order valence-electron chi connectivity index (χ3n) is 2.87. The van der Waals surface area contributed by atoms with Gasteiger partial charge in [0.25, 0.3) is 0 Å². The lowest BCUT2D eigenvalue weighted by Crippen LogP contribution is -2.14. The molecule has 24 heavy (non-hydrogen) atoms. The van der Waals surface area contributed by atoms with E-state index in [9.17, 15) is 9.59 Å². The number of hydrogen-bond donors (Lipinski definition) is 2. The van der Waals surface area contributed by atoms with Crippen LogP contribution in [0, 0.1) is 0 Å². The Hall–Kier alpha value is -2.18. The summed E-state index contributed by atoms with van der Waals surface area (Å²) in [6.45, 7) is -0.424. The molecule has 0 fully saturated rings. The number of amides is 1. The predicted octanol–water partition coefficient (Wildman–Crippen LogP) is 3.68. The Morgan fingerprint density at radius 3 is 2.71 bits per heavy atom. The number of nitrogens with one attached hydrogen (secondary N) is 1. The van der Waals surface area contributed by atoms with Gasteiger partial charge in [-0.15, -0.1) is 11.8 Å². The first kappa shape index (κ1) is 18.2. The Balaban J connectivity index is 1.79. The van der Waals surface area contributed by atoms with Crippen molar-refractivity contribution in [1.82, 2.24) is 0 Å². The van der Waals surface area contributed by atoms with Crippen LogP contribution in [0.5, 0.6) is 5.75 Å². The Bertz CT molecular complexity index is 723. The van der Waals surface area contributed by atoms with E-state index in [0.29, 0.717) is 28.0 Å². The molecular formula is C17H16ClNO4S. The van der Waals surface area contributed by atoms with Crippen LogP contribution in [0.15, 0.2) is 48.5 Å². The number of hydrogen-bond acceptors (Lipinski definition) is 4. The second kappa shape index (κ2) is 9.20. The maximum absolute atomic E-state index is 12.0. The van der Waals surface area contributed by atoms with Gasteiger partial charge in [0, 0.05) is 22.5 Å². The highest BCUT2D eigenvalue weighted by molar-refractivity contribution is 7.99. The number of thioether (sulfide) groups is 1. The third-order valence-corrected chi connectivity index (χ3v) is 4.11. The Labute approximate surface area is 149 Å². The quantitative estimate of drug-likeness (QED) is 0.746. The van der Waals surface area contributed by atoms with Crippen LogP contribution >= 0.6 is 23.4 Å². The number of carboxylic acid groups (broad SMARTS) is 1. The van der Waals surface area contributed by atoms with Gasteiger partial charge < -0.3 is 15.2 Å². The van der Waals surface area contributed by atoms with Crippen LogP contribution in [-0.4, -0.2) is 29.3 Å². The smallest absolute Gasteiger partial charge is 0.341 e. The van der Waals surface area contributed by atoms with E-state index in [1.807, 2.05) is 24.3 Å². The number of halogens is 1. The van der Waals surface area contributed by atoms with E-state index in [1.54, 1.807) is 24.3 Å². The number of carbonyl (C=O) groups is 2. The molecule has 0 saturated carbocycles. The topological polar surface area (TPSA) is 75.6 Å². The minimum atomic E-state index is -1.05. The molecule has 2 rings (SSSR count). The van der Waals surface area contributed by atoms with Crippen molar-refractivity contribution in [2.75, 3.05) is 17.7 Å². The van der Waals surface area contributed by atoms with E-state index in [4.69, 9.17) is 21.4 Å². The van der Waals surface area contributed by atoms with Crippen LogP contribution in [0.1, 0.15) is 5.56 Å². The largest absolute Gasteiger partial charge is 0.482 e. The zero-order valence-electron chi connectivity index (χ0n) is 12.7. The molecule has 0 aliphatic carbocycles. The van der Waals surface area contributed by atoms with Crippen molar-refractivity contribution in [3.05, 3.63) is 59.1 Å². The normalized spacial score (nSPS) is 10.2. The van der Waals surface area contributed by atoms with E-state index >= 15 is 0 Å². The van der Waals surface area contributed by atoms with Gasteiger partial charge in [-0.05, 0) is 29.8 Å². The molecule has 1 amide bonds. The lowest BCUT2D eigenvalue weighted by atomic mass is 10.2. The molecule has 7 heteroatoms. The predicted molar refractivity (Wildman–Crippen MR) is 95.8 cm³/mol. The average molecular weight is 366 g/mol. The van der Waals surface area contributed by atoms with Gasteiger partial charge in [-0.25, -0.2) is 4.79 Å². The summed E-state index contributed by atoms with van der Waals surface area (Å²) in [5, 5.41) is 12.0. The molecular weight excluding hydrogens is 350 g/mol. The fraction of sp³-hybridized carbons (Fsp3) is 0.176. The Morgan fingerprint density at radius 2 is 1.96 bits per heavy atom. The number of carbonyl (C=O) groups excluding carboxylic acids is 1. The molecule has 2 aromatic rings. The molecule has 126 valence electrons. The molecule has 0 aromatic heterocycles. The number of ether oxygens (including phenoxy) is 1. The Morgan fingerprint density at radius 1 is 1.17 bits per heavy atom. The van der Waals surface area contributed by atoms with Crippen molar-refractivity contribution in [2.24, 2.45) is 0 Å². The van der Waals surface area contributed by atoms with Crippen LogP contribution in [0.2, 0.25) is 5.02 Å². The van der Waals surface area contributed by atoms with Crippen LogP contribution in [0.4, 0.5) is 5.69 Å². The summed E-state index contributed by atoms with van der Waals surface area (Å²) >= 11 is 7.40. The molecule has 2 aromatic carbocycles. The van der Waals surface area contributed by atoms with E-state index < -0.39 is 12.6 Å². The molecule has 0 spiro atoms. The highest BCUT2D eigenvalue weighted by atomic mass is 35.5. The first-order valence-corrected chi connectivity index (χ1v) is 8.63. The fourth-order valence-corrected chi connectivity index (χ4v) is 2.88. The van der Waals surface area contributed by atoms with Gasteiger partial charge in [0.15, 0.2) is 6.61 Å². The van der Waals surface area contributed by atoms with Gasteiger partial charge in [0.2, 0.25) is 5.91 Å². The maximum Gasteiger partial charge on any atom is 0.341 e. The van der Waals surface area contributed by atoms with E-state index in [-0.39, 0.29) is 5.91 Å². The molecule has 0 aliphatic rings. The van der Waals surface area contributed by atoms with Crippen molar-refractivity contribution < 1.29 is 19.4 Å². The molecule has 0 radical (unpaired) electrons. The maximum atomic E-state index is 12.0. The highest BCUT2D eigenvalue weighted by Crippen LogP contribution is 2.19. The fourth-order valence-electron chi connectivity index (χ4n) is 1.89. The monoisotopic (exact) mass is 365 g/mol. The lowest BCUT2D eigenvalue weighted by molar-refractivity contribution is -0.139. The van der Waals surface area contributed by atoms with Gasteiger partial charge in [0.05, 0.1) is 5.75 Å². The number of carboxylic acids is 1. The molecule has 0 heterocycles. The molecule has 2 N–H and O–H groups in total. The molecule has 5 nitrogen and oxygen atoms in total. The molecule has 0 atom stereocenters. The summed E-state index contributed by atoms with van der Waals surface area (Å²) in [6, 6.07) is 14.1. The summed E-state index contributed by atoms with van der Waals surface area (Å²) < 4.78 is 5.07. The summed E-state index contributed by atoms with van der Waals surface area (Å²) in [6.07, 6.45) is 0. The van der Waals surface area contributed by atoms with Crippen LogP contribution in [0.3, 0.4) is 0 Å². The van der Waals surface area contributed by atoms with Gasteiger partial charge >= 0.3 is 5.97 Å². The van der Waals surface area contributed by atoms with Gasteiger partial charge in [-0.2, -0.15) is 0 Å². The average Bonchev–Trinajstić information content (AvgIpc) is 2.53. The zero-order valence-corrected chi connectivity index (χ0v) is 14.3. The minimum absolute atomic E-state index is 0.141. The molecule has 0 saturated heterocycles. The highest BCUT2D eigenvalue weighted by Gasteiger charge is 2.05. The molecule has 0 bridgehead atoms. The molecule has 0 unspecified atom stereocenters. The zero-order chi connectivity index (χ0) is 17.4. The van der Waals surface area contributed by atoms with Gasteiger partial charge in [0.1, 0.15) is 5.75 Å². The number of rotatable bonds is 8. The first-order valence-electron chi connectivity index (χ1n) is 7.09. The van der Waals surface area contributed by atoms with E-state index in [0.717, 1.165) is 5.56 Å². The van der Waals surface area contributed by atoms with Crippen LogP contribution in [0.25, 0.3) is 0 Å². The summed E-state index contributed by atoms with van der Waals surface area (Å²) in [5.74, 6) is 0.184. The Kier molecular flexibility index (Phi) is 6.96. The lowest BCUT2D eigenvalue weighted by Gasteiger charge is -2.08. The van der Waals surface area contributed by atoms with Crippen LogP contribution < -0.4 is 10.1 Å². The van der Waals surface area contributed by atoms with Crippen molar-refractivity contribution in [3.63, 3.8) is 0 Å². The van der Waals surface area contributed by atoms with Crippen molar-refractivity contribution in [3.8, 4) is 5.75 Å². The van der Waals surface area contributed by atoms with Crippen LogP contribution in [-0.2, 0) is 15.3 Å². The minimum Gasteiger partial charge on any atom is -0.482 e. The summed E-state index contributed by atoms with van der Waals surface area (Å²) in [5.41, 5.74) is 1.62. The summed E-state index contributed by atoms with van der Waals surface area (Å²) in [4.78, 5) is 22.4. The first-order chi connectivity index (χ1) is 11.5. The second-order valence-corrected chi connectivity index (χ2v) is 6.30. The van der Waals surface area contributed by atoms with Gasteiger partial charge in [-0.1, -0.05) is 29.8 Å². The van der Waals surface area contributed by atoms with Crippen molar-refractivity contribution in [1.29, 1.82) is 0 Å². The molecule has 0 aliphatic heterocycles. The van der Waals surface area contributed by atoms with E-state index in [2.05, 4.69) is 5.32 Å². The van der Waals surface area contributed by atoms with Gasteiger partial charge in [-0.3, -0.25) is 4.79 Å². The number of anilines is 1. The van der Waals surface area contributed by atoms with E-state index in [1.165, 1.54) is 11.8 Å². The third kappa shape index (κ3) is 6.52. The summed E-state index contributed by atoms with van der Waals surface area (Å²) in [7, 11) is 0.